The number of rotatable bonds is 1. The molecule has 0 atom stereocenters. The number of nitrogens with zero attached hydrogens (tertiary/aromatic N) is 4. The minimum atomic E-state index is -0.670. The Labute approximate surface area is 345 Å². The number of benzene rings is 4. The summed E-state index contributed by atoms with van der Waals surface area (Å²) < 4.78 is 3.00. The van der Waals surface area contributed by atoms with Crippen LogP contribution in [0.1, 0.15) is 166 Å². The van der Waals surface area contributed by atoms with Gasteiger partial charge in [-0.05, 0) is 0 Å². The third-order valence-electron chi connectivity index (χ3n) is 14.0. The van der Waals surface area contributed by atoms with Gasteiger partial charge >= 0.3 is 348 Å². The van der Waals surface area contributed by atoms with Crippen molar-refractivity contribution < 1.29 is 17.6 Å². The van der Waals surface area contributed by atoms with Crippen LogP contribution in [0.15, 0.2) is 72.8 Å². The van der Waals surface area contributed by atoms with Crippen LogP contribution >= 0.6 is 0 Å². The van der Waals surface area contributed by atoms with E-state index in [1.807, 2.05) is 0 Å². The maximum absolute atomic E-state index is 2.80. The van der Waals surface area contributed by atoms with E-state index in [1.165, 1.54) is 108 Å². The van der Waals surface area contributed by atoms with Gasteiger partial charge < -0.3 is 0 Å². The number of para-hydroxylation sites is 1. The molecule has 5 heteroatoms. The second-order valence-corrected chi connectivity index (χ2v) is 23.7. The Balaban J connectivity index is 1.40. The number of hydrogen-bond donors (Lipinski definition) is 0. The molecule has 4 aromatic rings. The molecule has 4 aromatic carbocycles. The number of fused-ring (bicyclic) bond motifs is 10. The molecule has 1 saturated carbocycles. The summed E-state index contributed by atoms with van der Waals surface area (Å²) in [6, 6.07) is 29.9. The fraction of sp³-hybridized carbons (Fsp3) is 0.490. The molecule has 0 aromatic heterocycles. The fourth-order valence-electron chi connectivity index (χ4n) is 10.2. The van der Waals surface area contributed by atoms with Gasteiger partial charge in [0.15, 0.2) is 0 Å². The molecule has 0 N–H and O–H groups in total. The van der Waals surface area contributed by atoms with E-state index in [0.717, 1.165) is 6.67 Å². The zero-order chi connectivity index (χ0) is 39.9. The quantitative estimate of drug-likeness (QED) is 0.189. The molecule has 6 bridgehead atoms. The van der Waals surface area contributed by atoms with E-state index in [4.69, 9.17) is 0 Å². The van der Waals surface area contributed by atoms with Gasteiger partial charge in [-0.2, -0.15) is 0 Å². The predicted molar refractivity (Wildman–Crippen MR) is 237 cm³/mol. The predicted octanol–water partition coefficient (Wildman–Crippen LogP) is 12.3. The van der Waals surface area contributed by atoms with Crippen molar-refractivity contribution in [3.8, 4) is 0 Å². The molecule has 5 aliphatic rings. The normalized spacial score (nSPS) is 21.1. The van der Waals surface area contributed by atoms with Gasteiger partial charge in [-0.25, -0.2) is 0 Å². The Kier molecular flexibility index (Phi) is 8.50. The van der Waals surface area contributed by atoms with Crippen LogP contribution in [0.2, 0.25) is 0 Å². The van der Waals surface area contributed by atoms with Gasteiger partial charge in [-0.15, -0.1) is 0 Å². The average Bonchev–Trinajstić information content (AvgIpc) is 3.65. The first kappa shape index (κ1) is 38.0. The molecule has 0 amide bonds. The fourth-order valence-corrected chi connectivity index (χ4v) is 14.4. The molecule has 4 nitrogen and oxygen atoms in total. The van der Waals surface area contributed by atoms with Gasteiger partial charge in [0, 0.05) is 0 Å². The Hall–Kier alpha value is -3.49. The third kappa shape index (κ3) is 5.69. The summed E-state index contributed by atoms with van der Waals surface area (Å²) in [5, 5.41) is 0. The molecule has 9 rings (SSSR count). The molecule has 0 saturated heterocycles. The van der Waals surface area contributed by atoms with Gasteiger partial charge in [0.2, 0.25) is 0 Å². The van der Waals surface area contributed by atoms with E-state index >= 15 is 0 Å². The zero-order valence-corrected chi connectivity index (χ0v) is 38.6. The Morgan fingerprint density at radius 3 is 1.84 bits per heavy atom. The Bertz CT molecular complexity index is 2350. The topological polar surface area (TPSA) is 13.0 Å². The van der Waals surface area contributed by atoms with Crippen molar-refractivity contribution >= 4 is 31.0 Å². The van der Waals surface area contributed by atoms with Crippen LogP contribution < -0.4 is 19.6 Å². The zero-order valence-electron chi connectivity index (χ0n) is 36.4. The number of aryl methyl sites for hydroxylation is 1. The average molecular weight is 928 g/mol. The van der Waals surface area contributed by atoms with Crippen molar-refractivity contribution in [2.75, 3.05) is 26.3 Å². The van der Waals surface area contributed by atoms with Crippen LogP contribution in [0.5, 0.6) is 0 Å². The standard InChI is InChI=1S/C51H64N4.Pt/c1-34-24-38-29-40(25-34)50(10,11)54-32-52(45-26-36(22-23-43(45)54)35-18-15-14-16-19-35)31-53-33-55(44-21-17-20-42(46(44)53)48(5,6)7)51(12,13)41-28-37(47(2,3)4)27-39(30-41)49(38,8)9;/h17,20-30,35H,14-16,18-19,31H2,1-13H3;. The van der Waals surface area contributed by atoms with E-state index in [9.17, 15) is 0 Å². The van der Waals surface area contributed by atoms with E-state index < -0.39 is 17.6 Å². The van der Waals surface area contributed by atoms with Crippen molar-refractivity contribution in [2.24, 2.45) is 0 Å². The number of hydrogen-bond acceptors (Lipinski definition) is 4. The summed E-state index contributed by atoms with van der Waals surface area (Å²) >= 11 is -0.670. The van der Waals surface area contributed by atoms with E-state index in [-0.39, 0.29) is 27.3 Å². The monoisotopic (exact) mass is 927 g/mol. The van der Waals surface area contributed by atoms with Crippen LogP contribution in [0.3, 0.4) is 0 Å². The van der Waals surface area contributed by atoms with Crippen LogP contribution in [0, 0.1) is 6.92 Å². The first-order chi connectivity index (χ1) is 26.2. The van der Waals surface area contributed by atoms with Crippen molar-refractivity contribution in [1.82, 2.24) is 0 Å². The van der Waals surface area contributed by atoms with Crippen molar-refractivity contribution in [2.45, 2.75) is 155 Å². The molecule has 1 aliphatic carbocycles. The molecule has 0 radical (unpaired) electrons. The summed E-state index contributed by atoms with van der Waals surface area (Å²) in [6.07, 6.45) is 6.71. The molecular formula is C51H64N4Pt. The Morgan fingerprint density at radius 1 is 0.589 bits per heavy atom. The summed E-state index contributed by atoms with van der Waals surface area (Å²) in [7, 11) is 0. The van der Waals surface area contributed by atoms with Crippen LogP contribution in [-0.2, 0) is 45.0 Å². The van der Waals surface area contributed by atoms with Crippen molar-refractivity contribution in [3.05, 3.63) is 117 Å². The van der Waals surface area contributed by atoms with Crippen molar-refractivity contribution in [3.63, 3.8) is 0 Å². The first-order valence-electron chi connectivity index (χ1n) is 21.2. The molecular weight excluding hydrogens is 864 g/mol. The second kappa shape index (κ2) is 12.5. The van der Waals surface area contributed by atoms with Crippen LogP contribution in [0.25, 0.3) is 0 Å². The van der Waals surface area contributed by atoms with Crippen LogP contribution in [0.4, 0.5) is 22.7 Å². The molecule has 56 heavy (non-hydrogen) atoms. The van der Waals surface area contributed by atoms with E-state index in [0.29, 0.717) is 5.92 Å². The first-order valence-corrected chi connectivity index (χ1v) is 23.5. The Morgan fingerprint density at radius 2 is 1.18 bits per heavy atom. The summed E-state index contributed by atoms with van der Waals surface area (Å²) in [6.45, 7) is 32.3. The maximum atomic E-state index is 2.80. The van der Waals surface area contributed by atoms with E-state index in [2.05, 4.69) is 182 Å². The molecule has 4 aliphatic heterocycles. The van der Waals surface area contributed by atoms with Crippen LogP contribution in [-0.4, -0.2) is 15.0 Å². The second-order valence-electron chi connectivity index (χ2n) is 21.1. The third-order valence-corrected chi connectivity index (χ3v) is 17.2. The molecule has 298 valence electrons. The summed E-state index contributed by atoms with van der Waals surface area (Å²) in [4.78, 5) is 11.1. The van der Waals surface area contributed by atoms with Gasteiger partial charge in [-0.3, -0.25) is 0 Å². The van der Waals surface area contributed by atoms with Gasteiger partial charge in [0.1, 0.15) is 0 Å². The summed E-state index contributed by atoms with van der Waals surface area (Å²) in [5.74, 6) is 0.661. The van der Waals surface area contributed by atoms with Gasteiger partial charge in [0.05, 0.1) is 0 Å². The summed E-state index contributed by atoms with van der Waals surface area (Å²) in [5.41, 5.74) is 16.0. The van der Waals surface area contributed by atoms with Crippen molar-refractivity contribution in [1.29, 1.82) is 0 Å². The number of anilines is 4. The molecule has 0 spiro atoms. The molecule has 1 fully saturated rings. The molecule has 4 heterocycles. The minimum absolute atomic E-state index is 0.00437. The van der Waals surface area contributed by atoms with E-state index in [1.54, 1.807) is 0 Å². The van der Waals surface area contributed by atoms with Gasteiger partial charge in [0.25, 0.3) is 0 Å². The van der Waals surface area contributed by atoms with Gasteiger partial charge in [-0.1, -0.05) is 0 Å². The SMILES string of the molecule is Cc1cc2cc(c1)C(C)(C)N1[C]3=[Pt]=[C]4N(CN3c3cc(C5CCCCC5)ccc31)c1c(cccc1C(C)(C)C)N4C(C)(C)c1cc(C(C)(C)C)cc(c1)C2(C)C. The molecule has 0 unspecified atom stereocenters.